The lowest BCUT2D eigenvalue weighted by atomic mass is 9.64. The Kier molecular flexibility index (Phi) is 6.46. The van der Waals surface area contributed by atoms with E-state index >= 15 is 0 Å². The van der Waals surface area contributed by atoms with Crippen molar-refractivity contribution in [3.63, 3.8) is 0 Å². The van der Waals surface area contributed by atoms with Crippen LogP contribution in [-0.4, -0.2) is 25.0 Å². The maximum atomic E-state index is 6.44. The van der Waals surface area contributed by atoms with Crippen molar-refractivity contribution in [3.8, 4) is 0 Å². The van der Waals surface area contributed by atoms with Gasteiger partial charge in [-0.15, -0.1) is 0 Å². The van der Waals surface area contributed by atoms with Gasteiger partial charge in [-0.3, -0.25) is 4.99 Å². The SMILES string of the molecule is CCCC1(CC(C)(C)CC2CC3CC(CC(C)(C)C)CC2O3)CCC=NC1. The molecule has 3 aliphatic heterocycles. The van der Waals surface area contributed by atoms with E-state index in [1.807, 2.05) is 0 Å². The summed E-state index contributed by atoms with van der Waals surface area (Å²) in [5, 5.41) is 0. The molecule has 27 heavy (non-hydrogen) atoms. The van der Waals surface area contributed by atoms with Crippen molar-refractivity contribution < 1.29 is 4.74 Å². The van der Waals surface area contributed by atoms with Crippen LogP contribution >= 0.6 is 0 Å². The maximum Gasteiger partial charge on any atom is 0.0610 e. The Hall–Kier alpha value is -0.370. The summed E-state index contributed by atoms with van der Waals surface area (Å²) in [5.41, 5.74) is 1.30. The fraction of sp³-hybridized carbons (Fsp3) is 0.960. The molecule has 0 aromatic rings. The zero-order chi connectivity index (χ0) is 19.7. The van der Waals surface area contributed by atoms with E-state index in [1.54, 1.807) is 0 Å². The van der Waals surface area contributed by atoms with Gasteiger partial charge in [0.05, 0.1) is 12.2 Å². The van der Waals surface area contributed by atoms with Crippen LogP contribution in [0.4, 0.5) is 0 Å². The summed E-state index contributed by atoms with van der Waals surface area (Å²) >= 11 is 0. The molecule has 2 heteroatoms. The summed E-state index contributed by atoms with van der Waals surface area (Å²) in [6, 6.07) is 0. The van der Waals surface area contributed by atoms with Crippen LogP contribution in [0, 0.1) is 28.1 Å². The van der Waals surface area contributed by atoms with Gasteiger partial charge in [0.15, 0.2) is 0 Å². The molecule has 0 radical (unpaired) electrons. The Labute approximate surface area is 168 Å². The fourth-order valence-electron chi connectivity index (χ4n) is 6.91. The molecule has 0 amide bonds. The number of rotatable bonds is 7. The number of hydrogen-bond donors (Lipinski definition) is 0. The number of fused-ring (bicyclic) bond motifs is 2. The van der Waals surface area contributed by atoms with Gasteiger partial charge in [-0.2, -0.15) is 0 Å². The molecule has 3 aliphatic rings. The van der Waals surface area contributed by atoms with Crippen molar-refractivity contribution in [1.82, 2.24) is 0 Å². The normalized spacial score (nSPS) is 37.0. The molecular weight excluding hydrogens is 330 g/mol. The Morgan fingerprint density at radius 3 is 2.48 bits per heavy atom. The fourth-order valence-corrected chi connectivity index (χ4v) is 6.91. The highest BCUT2D eigenvalue weighted by Gasteiger charge is 2.45. The van der Waals surface area contributed by atoms with Crippen molar-refractivity contribution in [2.75, 3.05) is 6.54 Å². The van der Waals surface area contributed by atoms with Gasteiger partial charge in [-0.25, -0.2) is 0 Å². The zero-order valence-electron chi connectivity index (χ0n) is 19.0. The highest BCUT2D eigenvalue weighted by Crippen LogP contribution is 2.50. The van der Waals surface area contributed by atoms with E-state index in [1.165, 1.54) is 64.2 Å². The molecule has 5 unspecified atom stereocenters. The topological polar surface area (TPSA) is 21.6 Å². The molecule has 0 aromatic carbocycles. The minimum atomic E-state index is 0.396. The average Bonchev–Trinajstić information content (AvgIpc) is 2.79. The van der Waals surface area contributed by atoms with E-state index in [2.05, 4.69) is 47.8 Å². The second-order valence-electron chi connectivity index (χ2n) is 12.3. The first kappa shape index (κ1) is 21.3. The largest absolute Gasteiger partial charge is 0.375 e. The third-order valence-electron chi connectivity index (χ3n) is 7.33. The standard InChI is InChI=1S/C25H45NO/c1-7-9-25(10-8-11-26-18-25)17-24(5,6)16-20-14-21-12-19(13-22(20)27-21)15-23(2,3)4/h11,19-22H,7-10,12-18H2,1-6H3. The first-order valence-corrected chi connectivity index (χ1v) is 11.7. The molecule has 0 N–H and O–H groups in total. The summed E-state index contributed by atoms with van der Waals surface area (Å²) in [7, 11) is 0. The highest BCUT2D eigenvalue weighted by atomic mass is 16.5. The van der Waals surface area contributed by atoms with Crippen molar-refractivity contribution in [3.05, 3.63) is 0 Å². The van der Waals surface area contributed by atoms with E-state index in [-0.39, 0.29) is 0 Å². The lowest BCUT2D eigenvalue weighted by Gasteiger charge is -2.42. The van der Waals surface area contributed by atoms with Crippen LogP contribution < -0.4 is 0 Å². The van der Waals surface area contributed by atoms with Gasteiger partial charge >= 0.3 is 0 Å². The van der Waals surface area contributed by atoms with E-state index < -0.39 is 0 Å². The molecule has 0 spiro atoms. The monoisotopic (exact) mass is 375 g/mol. The van der Waals surface area contributed by atoms with Gasteiger partial charge < -0.3 is 4.74 Å². The Morgan fingerprint density at radius 2 is 1.85 bits per heavy atom. The molecule has 2 bridgehead atoms. The van der Waals surface area contributed by atoms with Crippen molar-refractivity contribution in [1.29, 1.82) is 0 Å². The van der Waals surface area contributed by atoms with Crippen LogP contribution in [0.3, 0.4) is 0 Å². The van der Waals surface area contributed by atoms with Gasteiger partial charge in [0.2, 0.25) is 0 Å². The molecule has 0 aromatic heterocycles. The first-order valence-electron chi connectivity index (χ1n) is 11.7. The second-order valence-corrected chi connectivity index (χ2v) is 12.3. The predicted molar refractivity (Wildman–Crippen MR) is 117 cm³/mol. The van der Waals surface area contributed by atoms with Crippen molar-refractivity contribution >= 4 is 6.21 Å². The molecular formula is C25H45NO. The molecule has 2 saturated heterocycles. The van der Waals surface area contributed by atoms with Crippen LogP contribution in [0.25, 0.3) is 0 Å². The van der Waals surface area contributed by atoms with E-state index in [4.69, 9.17) is 9.73 Å². The number of hydrogen-bond acceptors (Lipinski definition) is 2. The van der Waals surface area contributed by atoms with Crippen LogP contribution in [0.2, 0.25) is 0 Å². The first-order chi connectivity index (χ1) is 12.6. The van der Waals surface area contributed by atoms with Gasteiger partial charge in [0.1, 0.15) is 0 Å². The van der Waals surface area contributed by atoms with Crippen LogP contribution in [0.5, 0.6) is 0 Å². The third-order valence-corrected chi connectivity index (χ3v) is 7.33. The van der Waals surface area contributed by atoms with Crippen molar-refractivity contribution in [2.24, 2.45) is 33.1 Å². The van der Waals surface area contributed by atoms with Gasteiger partial charge in [0.25, 0.3) is 0 Å². The van der Waals surface area contributed by atoms with Crippen LogP contribution in [0.1, 0.15) is 106 Å². The number of aliphatic imine (C=N–C) groups is 1. The van der Waals surface area contributed by atoms with E-state index in [0.717, 1.165) is 18.4 Å². The van der Waals surface area contributed by atoms with Gasteiger partial charge in [-0.05, 0) is 92.1 Å². The molecule has 2 nitrogen and oxygen atoms in total. The summed E-state index contributed by atoms with van der Waals surface area (Å²) in [4.78, 5) is 4.71. The minimum Gasteiger partial charge on any atom is -0.375 e. The lowest BCUT2D eigenvalue weighted by molar-refractivity contribution is -0.0400. The molecule has 3 heterocycles. The molecule has 156 valence electrons. The number of ether oxygens (including phenoxy) is 1. The second kappa shape index (κ2) is 8.17. The highest BCUT2D eigenvalue weighted by molar-refractivity contribution is 5.58. The molecule has 5 atom stereocenters. The predicted octanol–water partition coefficient (Wildman–Crippen LogP) is 7.06. The van der Waals surface area contributed by atoms with Crippen LogP contribution in [0.15, 0.2) is 4.99 Å². The Bertz CT molecular complexity index is 517. The molecule has 3 rings (SSSR count). The maximum absolute atomic E-state index is 6.44. The third kappa shape index (κ3) is 5.81. The molecule has 2 fully saturated rings. The average molecular weight is 376 g/mol. The van der Waals surface area contributed by atoms with E-state index in [9.17, 15) is 0 Å². The summed E-state index contributed by atoms with van der Waals surface area (Å²) in [6.45, 7) is 15.6. The number of nitrogens with zero attached hydrogens (tertiary/aromatic N) is 1. The van der Waals surface area contributed by atoms with E-state index in [0.29, 0.717) is 28.5 Å². The summed E-state index contributed by atoms with van der Waals surface area (Å²) in [6.07, 6.45) is 16.3. The van der Waals surface area contributed by atoms with Gasteiger partial charge in [0, 0.05) is 6.54 Å². The summed E-state index contributed by atoms with van der Waals surface area (Å²) in [5.74, 6) is 1.65. The van der Waals surface area contributed by atoms with Crippen molar-refractivity contribution in [2.45, 2.75) is 118 Å². The molecule has 0 saturated carbocycles. The smallest absolute Gasteiger partial charge is 0.0610 e. The van der Waals surface area contributed by atoms with Gasteiger partial charge in [-0.1, -0.05) is 48.0 Å². The quantitative estimate of drug-likeness (QED) is 0.466. The Balaban J connectivity index is 1.60. The zero-order valence-corrected chi connectivity index (χ0v) is 19.0. The summed E-state index contributed by atoms with van der Waals surface area (Å²) < 4.78 is 6.44. The minimum absolute atomic E-state index is 0.396. The Morgan fingerprint density at radius 1 is 1.07 bits per heavy atom. The lowest BCUT2D eigenvalue weighted by Crippen LogP contribution is -2.35. The molecule has 0 aliphatic carbocycles. The van der Waals surface area contributed by atoms with Crippen LogP contribution in [-0.2, 0) is 4.74 Å².